The lowest BCUT2D eigenvalue weighted by molar-refractivity contribution is 0.791. The summed E-state index contributed by atoms with van der Waals surface area (Å²) in [4.78, 5) is 1.37. The van der Waals surface area contributed by atoms with Crippen molar-refractivity contribution in [3.8, 4) is 10.4 Å². The van der Waals surface area contributed by atoms with Crippen LogP contribution in [0.3, 0.4) is 0 Å². The molecule has 0 nitrogen and oxygen atoms in total. The lowest BCUT2D eigenvalue weighted by Gasteiger charge is -2.07. The second kappa shape index (κ2) is 5.31. The molecule has 1 heterocycles. The van der Waals surface area contributed by atoms with Crippen LogP contribution in [-0.2, 0) is 6.42 Å². The number of unbranched alkanes of at least 4 members (excludes halogenated alkanes) is 1. The Bertz CT molecular complexity index is 440. The van der Waals surface area contributed by atoms with Crippen molar-refractivity contribution in [1.29, 1.82) is 0 Å². The molecule has 1 heteroatoms. The minimum atomic E-state index is 1.22. The molecule has 0 aliphatic heterocycles. The fourth-order valence-electron chi connectivity index (χ4n) is 1.94. The Kier molecular flexibility index (Phi) is 3.79. The third-order valence-corrected chi connectivity index (χ3v) is 3.87. The van der Waals surface area contributed by atoms with Crippen LogP contribution in [0.5, 0.6) is 0 Å². The maximum Gasteiger partial charge on any atom is 0.0342 e. The molecule has 0 aliphatic rings. The lowest BCUT2D eigenvalue weighted by Crippen LogP contribution is -1.89. The Labute approximate surface area is 102 Å². The van der Waals surface area contributed by atoms with Gasteiger partial charge in [0.05, 0.1) is 0 Å². The van der Waals surface area contributed by atoms with Crippen molar-refractivity contribution >= 4 is 11.3 Å². The molecule has 0 atom stereocenters. The van der Waals surface area contributed by atoms with Gasteiger partial charge in [0.2, 0.25) is 0 Å². The molecule has 1 aromatic carbocycles. The van der Waals surface area contributed by atoms with Crippen LogP contribution in [0.15, 0.2) is 35.7 Å². The van der Waals surface area contributed by atoms with Gasteiger partial charge >= 0.3 is 0 Å². The topological polar surface area (TPSA) is 0 Å². The van der Waals surface area contributed by atoms with Gasteiger partial charge in [-0.3, -0.25) is 0 Å². The molecule has 2 aromatic rings. The molecule has 0 saturated heterocycles. The largest absolute Gasteiger partial charge is 0.144 e. The zero-order chi connectivity index (χ0) is 11.4. The van der Waals surface area contributed by atoms with E-state index in [0.29, 0.717) is 0 Å². The van der Waals surface area contributed by atoms with Gasteiger partial charge in [0.1, 0.15) is 0 Å². The second-order valence-electron chi connectivity index (χ2n) is 4.22. The number of hydrogen-bond donors (Lipinski definition) is 0. The Morgan fingerprint density at radius 2 is 2.06 bits per heavy atom. The molecular weight excluding hydrogens is 212 g/mol. The molecule has 0 aliphatic carbocycles. The van der Waals surface area contributed by atoms with E-state index in [1.165, 1.54) is 40.8 Å². The summed E-state index contributed by atoms with van der Waals surface area (Å²) in [5.41, 5.74) is 4.29. The van der Waals surface area contributed by atoms with E-state index >= 15 is 0 Å². The maximum atomic E-state index is 2.32. The van der Waals surface area contributed by atoms with E-state index < -0.39 is 0 Å². The van der Waals surface area contributed by atoms with Gasteiger partial charge in [-0.15, -0.1) is 11.3 Å². The number of thiophene rings is 1. The molecule has 0 radical (unpaired) electrons. The van der Waals surface area contributed by atoms with E-state index in [2.05, 4.69) is 49.6 Å². The van der Waals surface area contributed by atoms with Gasteiger partial charge in [-0.2, -0.15) is 0 Å². The second-order valence-corrected chi connectivity index (χ2v) is 5.17. The van der Waals surface area contributed by atoms with Crippen LogP contribution in [0.2, 0.25) is 0 Å². The van der Waals surface area contributed by atoms with Crippen molar-refractivity contribution in [2.75, 3.05) is 0 Å². The Balaban J connectivity index is 2.23. The molecule has 0 saturated carbocycles. The van der Waals surface area contributed by atoms with Gasteiger partial charge in [-0.1, -0.05) is 37.6 Å². The van der Waals surface area contributed by atoms with Crippen LogP contribution >= 0.6 is 11.3 Å². The minimum absolute atomic E-state index is 1.22. The lowest BCUT2D eigenvalue weighted by atomic mass is 10.00. The first-order valence-electron chi connectivity index (χ1n) is 5.94. The van der Waals surface area contributed by atoms with Crippen LogP contribution < -0.4 is 0 Å². The fourth-order valence-corrected chi connectivity index (χ4v) is 2.66. The van der Waals surface area contributed by atoms with Gasteiger partial charge in [0, 0.05) is 4.88 Å². The number of benzene rings is 1. The van der Waals surface area contributed by atoms with E-state index in [1.54, 1.807) is 0 Å². The average Bonchev–Trinajstić information content (AvgIpc) is 2.81. The standard InChI is InChI=1S/C15H18S/c1-3-4-6-13-8-9-14(11-12(13)2)15-7-5-10-16-15/h5,7-11H,3-4,6H2,1-2H3. The zero-order valence-corrected chi connectivity index (χ0v) is 10.8. The maximum absolute atomic E-state index is 2.32. The van der Waals surface area contributed by atoms with Crippen molar-refractivity contribution in [2.45, 2.75) is 33.1 Å². The van der Waals surface area contributed by atoms with Gasteiger partial charge < -0.3 is 0 Å². The SMILES string of the molecule is CCCCc1ccc(-c2cccs2)cc1C. The minimum Gasteiger partial charge on any atom is -0.144 e. The monoisotopic (exact) mass is 230 g/mol. The fraction of sp³-hybridized carbons (Fsp3) is 0.333. The summed E-state index contributed by atoms with van der Waals surface area (Å²) in [7, 11) is 0. The predicted octanol–water partition coefficient (Wildman–Crippen LogP) is 5.07. The molecule has 84 valence electrons. The Morgan fingerprint density at radius 1 is 1.19 bits per heavy atom. The molecule has 0 fully saturated rings. The van der Waals surface area contributed by atoms with Gasteiger partial charge in [-0.25, -0.2) is 0 Å². The Hall–Kier alpha value is -1.08. The van der Waals surface area contributed by atoms with Crippen molar-refractivity contribution in [3.63, 3.8) is 0 Å². The van der Waals surface area contributed by atoms with Crippen LogP contribution in [0, 0.1) is 6.92 Å². The number of rotatable bonds is 4. The number of aryl methyl sites for hydroxylation is 2. The van der Waals surface area contributed by atoms with Crippen molar-refractivity contribution < 1.29 is 0 Å². The molecule has 0 N–H and O–H groups in total. The summed E-state index contributed by atoms with van der Waals surface area (Å²) in [6, 6.07) is 11.2. The third kappa shape index (κ3) is 2.53. The van der Waals surface area contributed by atoms with Crippen molar-refractivity contribution in [2.24, 2.45) is 0 Å². The van der Waals surface area contributed by atoms with Crippen molar-refractivity contribution in [3.05, 3.63) is 46.8 Å². The summed E-state index contributed by atoms with van der Waals surface area (Å²) in [6.45, 7) is 4.47. The molecule has 0 bridgehead atoms. The first-order valence-corrected chi connectivity index (χ1v) is 6.82. The number of hydrogen-bond acceptors (Lipinski definition) is 1. The van der Waals surface area contributed by atoms with Crippen LogP contribution in [0.1, 0.15) is 30.9 Å². The molecule has 1 aromatic heterocycles. The highest BCUT2D eigenvalue weighted by atomic mass is 32.1. The zero-order valence-electron chi connectivity index (χ0n) is 9.99. The summed E-state index contributed by atoms with van der Waals surface area (Å²) in [6.07, 6.45) is 3.78. The normalized spacial score (nSPS) is 10.6. The molecule has 0 amide bonds. The van der Waals surface area contributed by atoms with E-state index in [9.17, 15) is 0 Å². The molecule has 2 rings (SSSR count). The van der Waals surface area contributed by atoms with Crippen LogP contribution in [0.25, 0.3) is 10.4 Å². The summed E-state index contributed by atoms with van der Waals surface area (Å²) in [5, 5.41) is 2.13. The van der Waals surface area contributed by atoms with E-state index in [4.69, 9.17) is 0 Å². The molecule has 0 unspecified atom stereocenters. The summed E-state index contributed by atoms with van der Waals surface area (Å²) in [5.74, 6) is 0. The molecular formula is C15H18S. The quantitative estimate of drug-likeness (QED) is 0.688. The van der Waals surface area contributed by atoms with E-state index in [-0.39, 0.29) is 0 Å². The first-order chi connectivity index (χ1) is 7.81. The first kappa shape index (κ1) is 11.4. The van der Waals surface area contributed by atoms with Gasteiger partial charge in [0.15, 0.2) is 0 Å². The van der Waals surface area contributed by atoms with Gasteiger partial charge in [0.25, 0.3) is 0 Å². The van der Waals surface area contributed by atoms with E-state index in [0.717, 1.165) is 0 Å². The smallest absolute Gasteiger partial charge is 0.0342 e. The van der Waals surface area contributed by atoms with E-state index in [1.807, 2.05) is 11.3 Å². The van der Waals surface area contributed by atoms with Crippen LogP contribution in [0.4, 0.5) is 0 Å². The Morgan fingerprint density at radius 3 is 2.69 bits per heavy atom. The third-order valence-electron chi connectivity index (χ3n) is 2.95. The summed E-state index contributed by atoms with van der Waals surface area (Å²) >= 11 is 1.81. The summed E-state index contributed by atoms with van der Waals surface area (Å²) < 4.78 is 0. The molecule has 16 heavy (non-hydrogen) atoms. The highest BCUT2D eigenvalue weighted by Gasteiger charge is 2.02. The molecule has 0 spiro atoms. The average molecular weight is 230 g/mol. The highest BCUT2D eigenvalue weighted by molar-refractivity contribution is 7.13. The predicted molar refractivity (Wildman–Crippen MR) is 73.1 cm³/mol. The van der Waals surface area contributed by atoms with Crippen molar-refractivity contribution in [1.82, 2.24) is 0 Å². The highest BCUT2D eigenvalue weighted by Crippen LogP contribution is 2.26. The van der Waals surface area contributed by atoms with Gasteiger partial charge in [-0.05, 0) is 47.9 Å². The van der Waals surface area contributed by atoms with Crippen LogP contribution in [-0.4, -0.2) is 0 Å².